The van der Waals surface area contributed by atoms with Crippen molar-refractivity contribution in [2.45, 2.75) is 45.1 Å². The van der Waals surface area contributed by atoms with Crippen molar-refractivity contribution < 1.29 is 0 Å². The molecular weight excluding hydrogens is 224 g/mol. The summed E-state index contributed by atoms with van der Waals surface area (Å²) in [4.78, 5) is 7.25. The van der Waals surface area contributed by atoms with E-state index in [0.717, 1.165) is 31.9 Å². The minimum absolute atomic E-state index is 0.692. The predicted octanol–water partition coefficient (Wildman–Crippen LogP) is 2.11. The lowest BCUT2D eigenvalue weighted by molar-refractivity contribution is 0.512. The van der Waals surface area contributed by atoms with Crippen molar-refractivity contribution in [1.29, 1.82) is 0 Å². The number of aryl methyl sites for hydroxylation is 1. The van der Waals surface area contributed by atoms with Crippen molar-refractivity contribution >= 4 is 5.95 Å². The number of hydrogen-bond donors (Lipinski definition) is 1. The lowest BCUT2D eigenvalue weighted by Crippen LogP contribution is -2.30. The highest BCUT2D eigenvalue weighted by Crippen LogP contribution is 2.33. The fourth-order valence-corrected chi connectivity index (χ4v) is 3.23. The minimum Gasteiger partial charge on any atom is -0.341 e. The smallest absolute Gasteiger partial charge is 0.206 e. The molecule has 0 aromatic carbocycles. The van der Waals surface area contributed by atoms with Crippen molar-refractivity contribution in [1.82, 2.24) is 14.9 Å². The Bertz CT molecular complexity index is 384. The van der Waals surface area contributed by atoms with Gasteiger partial charge >= 0.3 is 0 Å². The number of nitrogens with zero attached hydrogens (tertiary/aromatic N) is 3. The van der Waals surface area contributed by atoms with E-state index in [-0.39, 0.29) is 0 Å². The van der Waals surface area contributed by atoms with Gasteiger partial charge in [-0.1, -0.05) is 12.8 Å². The molecule has 2 fully saturated rings. The molecule has 18 heavy (non-hydrogen) atoms. The second-order valence-corrected chi connectivity index (χ2v) is 5.62. The van der Waals surface area contributed by atoms with Crippen LogP contribution in [0.25, 0.3) is 0 Å². The Morgan fingerprint density at radius 1 is 1.17 bits per heavy atom. The normalized spacial score (nSPS) is 22.4. The van der Waals surface area contributed by atoms with E-state index in [2.05, 4.69) is 27.9 Å². The minimum atomic E-state index is 0.692. The Labute approximate surface area is 109 Å². The average molecular weight is 248 g/mol. The zero-order chi connectivity index (χ0) is 12.4. The van der Waals surface area contributed by atoms with Crippen molar-refractivity contribution in [3.8, 4) is 0 Å². The monoisotopic (exact) mass is 248 g/mol. The van der Waals surface area contributed by atoms with Crippen molar-refractivity contribution in [3.05, 3.63) is 11.9 Å². The fourth-order valence-electron chi connectivity index (χ4n) is 3.23. The molecule has 0 spiro atoms. The Morgan fingerprint density at radius 2 is 2.00 bits per heavy atom. The van der Waals surface area contributed by atoms with Crippen LogP contribution in [0.2, 0.25) is 0 Å². The van der Waals surface area contributed by atoms with E-state index in [9.17, 15) is 0 Å². The summed E-state index contributed by atoms with van der Waals surface area (Å²) in [5.41, 5.74) is 1.16. The third kappa shape index (κ3) is 2.39. The molecule has 1 aliphatic heterocycles. The number of anilines is 1. The van der Waals surface area contributed by atoms with Gasteiger partial charge in [-0.3, -0.25) is 0 Å². The van der Waals surface area contributed by atoms with E-state index in [1.165, 1.54) is 38.1 Å². The second-order valence-electron chi connectivity index (χ2n) is 5.62. The third-order valence-corrected chi connectivity index (χ3v) is 4.17. The lowest BCUT2D eigenvalue weighted by atomic mass is 10.2. The predicted molar refractivity (Wildman–Crippen MR) is 74.2 cm³/mol. The molecule has 0 bridgehead atoms. The molecule has 1 saturated carbocycles. The summed E-state index contributed by atoms with van der Waals surface area (Å²) in [5.74, 6) is 1.21. The molecule has 0 radical (unpaired) electrons. The first-order chi connectivity index (χ1) is 8.84. The van der Waals surface area contributed by atoms with E-state index >= 15 is 0 Å². The maximum atomic E-state index is 4.78. The summed E-state index contributed by atoms with van der Waals surface area (Å²) in [6.07, 6.45) is 8.88. The molecule has 100 valence electrons. The molecule has 4 nitrogen and oxygen atoms in total. The largest absolute Gasteiger partial charge is 0.341 e. The van der Waals surface area contributed by atoms with Gasteiger partial charge in [0.05, 0.1) is 5.69 Å². The number of aromatic nitrogens is 2. The second kappa shape index (κ2) is 5.31. The zero-order valence-electron chi connectivity index (χ0n) is 11.4. The molecule has 1 aliphatic carbocycles. The van der Waals surface area contributed by atoms with Gasteiger partial charge < -0.3 is 14.8 Å². The van der Waals surface area contributed by atoms with E-state index < -0.39 is 0 Å². The van der Waals surface area contributed by atoms with Crippen LogP contribution in [-0.4, -0.2) is 35.7 Å². The van der Waals surface area contributed by atoms with Crippen LogP contribution >= 0.6 is 0 Å². The maximum Gasteiger partial charge on any atom is 0.206 e. The summed E-state index contributed by atoms with van der Waals surface area (Å²) in [6, 6.07) is 0.692. The molecule has 1 aromatic heterocycles. The van der Waals surface area contributed by atoms with Crippen LogP contribution in [0.4, 0.5) is 5.95 Å². The van der Waals surface area contributed by atoms with E-state index in [4.69, 9.17) is 4.98 Å². The fraction of sp³-hybridized carbons (Fsp3) is 0.786. The van der Waals surface area contributed by atoms with Gasteiger partial charge in [0.25, 0.3) is 0 Å². The molecule has 1 saturated heterocycles. The van der Waals surface area contributed by atoms with Crippen LogP contribution in [0.5, 0.6) is 0 Å². The molecular formula is C14H24N4. The lowest BCUT2D eigenvalue weighted by Gasteiger charge is -2.24. The van der Waals surface area contributed by atoms with Crippen molar-refractivity contribution in [2.75, 3.05) is 31.1 Å². The van der Waals surface area contributed by atoms with E-state index in [1.807, 2.05) is 0 Å². The quantitative estimate of drug-likeness (QED) is 0.870. The molecule has 0 amide bonds. The van der Waals surface area contributed by atoms with Crippen LogP contribution in [0, 0.1) is 6.92 Å². The molecule has 2 aliphatic rings. The van der Waals surface area contributed by atoms with E-state index in [1.54, 1.807) is 0 Å². The van der Waals surface area contributed by atoms with E-state index in [0.29, 0.717) is 6.04 Å². The van der Waals surface area contributed by atoms with Crippen LogP contribution < -0.4 is 10.2 Å². The van der Waals surface area contributed by atoms with Crippen LogP contribution in [0.1, 0.15) is 43.8 Å². The average Bonchev–Trinajstić information content (AvgIpc) is 2.93. The topological polar surface area (TPSA) is 33.1 Å². The third-order valence-electron chi connectivity index (χ3n) is 4.17. The highest BCUT2D eigenvalue weighted by molar-refractivity contribution is 5.34. The standard InChI is InChI=1S/C14H24N4/c1-12-11-18(13-5-2-3-6-13)14(16-12)17-9-4-7-15-8-10-17/h11,13,15H,2-10H2,1H3. The number of imidazole rings is 1. The van der Waals surface area contributed by atoms with Gasteiger partial charge in [-0.25, -0.2) is 4.98 Å². The molecule has 3 rings (SSSR count). The maximum absolute atomic E-state index is 4.78. The Kier molecular flexibility index (Phi) is 3.55. The van der Waals surface area contributed by atoms with Gasteiger partial charge in [0.15, 0.2) is 0 Å². The molecule has 0 atom stereocenters. The first-order valence-corrected chi connectivity index (χ1v) is 7.36. The van der Waals surface area contributed by atoms with Crippen molar-refractivity contribution in [2.24, 2.45) is 0 Å². The van der Waals surface area contributed by atoms with Crippen molar-refractivity contribution in [3.63, 3.8) is 0 Å². The number of hydrogen-bond acceptors (Lipinski definition) is 3. The molecule has 2 heterocycles. The van der Waals surface area contributed by atoms with Gasteiger partial charge in [0, 0.05) is 31.9 Å². The Balaban J connectivity index is 1.84. The van der Waals surface area contributed by atoms with Crippen LogP contribution in [-0.2, 0) is 0 Å². The Morgan fingerprint density at radius 3 is 2.83 bits per heavy atom. The Hall–Kier alpha value is -1.03. The summed E-state index contributed by atoms with van der Waals surface area (Å²) in [6.45, 7) is 6.56. The van der Waals surface area contributed by atoms with Gasteiger partial charge in [0.2, 0.25) is 5.95 Å². The molecule has 0 unspecified atom stereocenters. The summed E-state index contributed by atoms with van der Waals surface area (Å²) in [7, 11) is 0. The SMILES string of the molecule is Cc1cn(C2CCCC2)c(N2CCCNCC2)n1. The van der Waals surface area contributed by atoms with Gasteiger partial charge in [-0.15, -0.1) is 0 Å². The first kappa shape index (κ1) is 12.0. The van der Waals surface area contributed by atoms with Crippen LogP contribution in [0.3, 0.4) is 0 Å². The summed E-state index contributed by atoms with van der Waals surface area (Å²) < 4.78 is 2.45. The molecule has 1 N–H and O–H groups in total. The first-order valence-electron chi connectivity index (χ1n) is 7.36. The zero-order valence-corrected chi connectivity index (χ0v) is 11.4. The van der Waals surface area contributed by atoms with Crippen LogP contribution in [0.15, 0.2) is 6.20 Å². The number of rotatable bonds is 2. The summed E-state index contributed by atoms with van der Waals surface area (Å²) in [5, 5.41) is 3.46. The van der Waals surface area contributed by atoms with Gasteiger partial charge in [0.1, 0.15) is 0 Å². The number of nitrogens with one attached hydrogen (secondary N) is 1. The highest BCUT2D eigenvalue weighted by atomic mass is 15.3. The van der Waals surface area contributed by atoms with Gasteiger partial charge in [-0.05, 0) is 32.7 Å². The van der Waals surface area contributed by atoms with Gasteiger partial charge in [-0.2, -0.15) is 0 Å². The summed E-state index contributed by atoms with van der Waals surface area (Å²) >= 11 is 0. The molecule has 1 aromatic rings. The molecule has 4 heteroatoms. The highest BCUT2D eigenvalue weighted by Gasteiger charge is 2.23.